The summed E-state index contributed by atoms with van der Waals surface area (Å²) in [5.74, 6) is -0.197. The highest BCUT2D eigenvalue weighted by atomic mass is 79.9. The number of aromatic hydroxyl groups is 1. The number of halogens is 2. The second-order valence-corrected chi connectivity index (χ2v) is 6.75. The van der Waals surface area contributed by atoms with E-state index in [1.807, 2.05) is 0 Å². The van der Waals surface area contributed by atoms with Crippen LogP contribution in [0.1, 0.15) is 0 Å². The summed E-state index contributed by atoms with van der Waals surface area (Å²) in [6, 6.07) is 4.63. The average Bonchev–Trinajstić information content (AvgIpc) is 2.65. The molecule has 0 spiro atoms. The smallest absolute Gasteiger partial charge is 0.282 e. The number of aryl methyl sites for hydroxylation is 1. The molecule has 0 radical (unpaired) electrons. The van der Waals surface area contributed by atoms with E-state index in [1.54, 1.807) is 12.1 Å². The minimum Gasteiger partial charge on any atom is -0.505 e. The molecule has 0 aliphatic carbocycles. The van der Waals surface area contributed by atoms with Crippen LogP contribution in [-0.4, -0.2) is 28.5 Å². The average molecular weight is 412 g/mol. The number of anilines is 1. The van der Waals surface area contributed by atoms with E-state index in [1.165, 1.54) is 13.1 Å². The molecule has 2 rings (SSSR count). The van der Waals surface area contributed by atoms with Gasteiger partial charge in [-0.1, -0.05) is 11.3 Å². The lowest BCUT2D eigenvalue weighted by Crippen LogP contribution is -2.17. The summed E-state index contributed by atoms with van der Waals surface area (Å²) in [5.41, 5.74) is 0.0578. The SMILES string of the molecule is Cn1nnc(Br)c1S(=O)(=O)Nc1cccc(Br)c1O. The van der Waals surface area contributed by atoms with Gasteiger partial charge in [0, 0.05) is 7.05 Å². The maximum Gasteiger partial charge on any atom is 0.282 e. The summed E-state index contributed by atoms with van der Waals surface area (Å²) in [6.07, 6.45) is 0. The maximum atomic E-state index is 12.2. The van der Waals surface area contributed by atoms with Gasteiger partial charge in [0.1, 0.15) is 0 Å². The molecular weight excluding hydrogens is 404 g/mol. The molecule has 0 saturated carbocycles. The van der Waals surface area contributed by atoms with Crippen LogP contribution in [0.25, 0.3) is 0 Å². The first-order valence-electron chi connectivity index (χ1n) is 4.88. The van der Waals surface area contributed by atoms with Gasteiger partial charge in [-0.15, -0.1) is 5.10 Å². The molecular formula is C9H8Br2N4O3S. The predicted molar refractivity (Wildman–Crippen MR) is 75.3 cm³/mol. The Bertz CT molecular complexity index is 710. The third kappa shape index (κ3) is 2.74. The Labute approximate surface area is 125 Å². The van der Waals surface area contributed by atoms with E-state index in [0.29, 0.717) is 4.47 Å². The first kappa shape index (κ1) is 14.3. The van der Waals surface area contributed by atoms with Gasteiger partial charge in [0.2, 0.25) is 5.03 Å². The molecule has 0 fully saturated rings. The largest absolute Gasteiger partial charge is 0.505 e. The minimum absolute atomic E-state index is 0.0578. The lowest BCUT2D eigenvalue weighted by molar-refractivity contribution is 0.474. The second-order valence-electron chi connectivity index (χ2n) is 3.55. The van der Waals surface area contributed by atoms with Gasteiger partial charge in [-0.2, -0.15) is 8.42 Å². The molecule has 0 atom stereocenters. The lowest BCUT2D eigenvalue weighted by Gasteiger charge is -2.10. The second kappa shape index (κ2) is 5.10. The highest BCUT2D eigenvalue weighted by Crippen LogP contribution is 2.33. The zero-order chi connectivity index (χ0) is 14.2. The van der Waals surface area contributed by atoms with Gasteiger partial charge in [-0.3, -0.25) is 4.72 Å². The van der Waals surface area contributed by atoms with Gasteiger partial charge in [0.15, 0.2) is 10.4 Å². The topological polar surface area (TPSA) is 97.1 Å². The molecule has 2 aromatic rings. The molecule has 0 aliphatic heterocycles. The lowest BCUT2D eigenvalue weighted by atomic mass is 10.3. The van der Waals surface area contributed by atoms with Gasteiger partial charge in [0.05, 0.1) is 10.2 Å². The Morgan fingerprint density at radius 1 is 1.37 bits per heavy atom. The van der Waals surface area contributed by atoms with Crippen molar-refractivity contribution in [3.8, 4) is 5.75 Å². The quantitative estimate of drug-likeness (QED) is 0.751. The maximum absolute atomic E-state index is 12.2. The fourth-order valence-corrected chi connectivity index (χ4v) is 3.93. The number of hydrogen-bond acceptors (Lipinski definition) is 5. The van der Waals surface area contributed by atoms with Crippen molar-refractivity contribution in [1.29, 1.82) is 0 Å². The molecule has 0 bridgehead atoms. The molecule has 7 nitrogen and oxygen atoms in total. The Morgan fingerprint density at radius 3 is 2.63 bits per heavy atom. The first-order valence-corrected chi connectivity index (χ1v) is 7.95. The zero-order valence-electron chi connectivity index (χ0n) is 9.50. The van der Waals surface area contributed by atoms with E-state index in [-0.39, 0.29) is 21.1 Å². The first-order chi connectivity index (χ1) is 8.83. The third-order valence-corrected chi connectivity index (χ3v) is 5.11. The number of nitrogens with zero attached hydrogens (tertiary/aromatic N) is 3. The van der Waals surface area contributed by atoms with Crippen LogP contribution in [-0.2, 0) is 17.1 Å². The molecule has 1 aromatic heterocycles. The summed E-state index contributed by atoms with van der Waals surface area (Å²) in [7, 11) is -2.46. The summed E-state index contributed by atoms with van der Waals surface area (Å²) in [6.45, 7) is 0. The van der Waals surface area contributed by atoms with Crippen LogP contribution in [0.2, 0.25) is 0 Å². The molecule has 10 heteroatoms. The number of benzene rings is 1. The van der Waals surface area contributed by atoms with E-state index < -0.39 is 10.0 Å². The van der Waals surface area contributed by atoms with E-state index in [2.05, 4.69) is 46.9 Å². The molecule has 102 valence electrons. The van der Waals surface area contributed by atoms with Crippen LogP contribution in [0.4, 0.5) is 5.69 Å². The van der Waals surface area contributed by atoms with Crippen molar-refractivity contribution in [3.63, 3.8) is 0 Å². The van der Waals surface area contributed by atoms with Gasteiger partial charge in [-0.05, 0) is 44.0 Å². The minimum atomic E-state index is -3.91. The number of aromatic nitrogens is 3. The van der Waals surface area contributed by atoms with Gasteiger partial charge in [-0.25, -0.2) is 4.68 Å². The van der Waals surface area contributed by atoms with Crippen molar-refractivity contribution in [2.75, 3.05) is 4.72 Å². The normalized spacial score (nSPS) is 11.5. The van der Waals surface area contributed by atoms with Crippen LogP contribution >= 0.6 is 31.9 Å². The highest BCUT2D eigenvalue weighted by molar-refractivity contribution is 9.10. The van der Waals surface area contributed by atoms with Crippen LogP contribution in [0.5, 0.6) is 5.75 Å². The van der Waals surface area contributed by atoms with Crippen molar-refractivity contribution >= 4 is 47.6 Å². The summed E-state index contributed by atoms with van der Waals surface area (Å²) in [4.78, 5) is 0. The Hall–Kier alpha value is -1.13. The molecule has 0 saturated heterocycles. The summed E-state index contributed by atoms with van der Waals surface area (Å²) >= 11 is 6.12. The number of hydrogen-bond donors (Lipinski definition) is 2. The molecule has 0 aliphatic rings. The van der Waals surface area contributed by atoms with Crippen LogP contribution in [0, 0.1) is 0 Å². The van der Waals surface area contributed by atoms with Crippen molar-refractivity contribution < 1.29 is 13.5 Å². The molecule has 0 unspecified atom stereocenters. The molecule has 1 heterocycles. The fraction of sp³-hybridized carbons (Fsp3) is 0.111. The molecule has 2 N–H and O–H groups in total. The van der Waals surface area contributed by atoms with Crippen LogP contribution < -0.4 is 4.72 Å². The van der Waals surface area contributed by atoms with Crippen molar-refractivity contribution in [1.82, 2.24) is 15.0 Å². The molecule has 19 heavy (non-hydrogen) atoms. The van der Waals surface area contributed by atoms with Gasteiger partial charge >= 0.3 is 0 Å². The number of sulfonamides is 1. The number of nitrogens with one attached hydrogen (secondary N) is 1. The molecule has 0 amide bonds. The Balaban J connectivity index is 2.46. The van der Waals surface area contributed by atoms with E-state index >= 15 is 0 Å². The Morgan fingerprint density at radius 2 is 2.05 bits per heavy atom. The fourth-order valence-electron chi connectivity index (χ4n) is 1.40. The summed E-state index contributed by atoms with van der Waals surface area (Å²) < 4.78 is 28.3. The van der Waals surface area contributed by atoms with E-state index in [0.717, 1.165) is 4.68 Å². The summed E-state index contributed by atoms with van der Waals surface area (Å²) in [5, 5.41) is 16.8. The number of rotatable bonds is 3. The van der Waals surface area contributed by atoms with Gasteiger partial charge < -0.3 is 5.11 Å². The van der Waals surface area contributed by atoms with Gasteiger partial charge in [0.25, 0.3) is 10.0 Å². The number of phenolic OH excluding ortho intramolecular Hbond substituents is 1. The van der Waals surface area contributed by atoms with E-state index in [4.69, 9.17) is 0 Å². The Kier molecular flexibility index (Phi) is 3.83. The third-order valence-electron chi connectivity index (χ3n) is 2.22. The standard InChI is InChI=1S/C9H8Br2N4O3S/c1-15-9(8(11)12-14-15)19(17,18)13-6-4-2-3-5(10)7(6)16/h2-4,13,16H,1H3. The van der Waals surface area contributed by atoms with Crippen molar-refractivity contribution in [2.45, 2.75) is 5.03 Å². The van der Waals surface area contributed by atoms with Crippen molar-refractivity contribution in [3.05, 3.63) is 27.3 Å². The highest BCUT2D eigenvalue weighted by Gasteiger charge is 2.25. The number of phenols is 1. The van der Waals surface area contributed by atoms with Crippen LogP contribution in [0.3, 0.4) is 0 Å². The molecule has 1 aromatic carbocycles. The van der Waals surface area contributed by atoms with E-state index in [9.17, 15) is 13.5 Å². The van der Waals surface area contributed by atoms with Crippen LogP contribution in [0.15, 0.2) is 32.3 Å². The van der Waals surface area contributed by atoms with Crippen molar-refractivity contribution in [2.24, 2.45) is 7.05 Å². The predicted octanol–water partition coefficient (Wildman–Crippen LogP) is 1.85. The number of para-hydroxylation sites is 1. The monoisotopic (exact) mass is 410 g/mol. The zero-order valence-corrected chi connectivity index (χ0v) is 13.5.